The van der Waals surface area contributed by atoms with Gasteiger partial charge < -0.3 is 28.6 Å². The standard InChI is InChI=1S/2C9H7.C4H8O.CH3.Al.2ClH.Zr/c2*1-2-5-9-7-3-6-8(9)4-1;1-2-3-4-5;;;;;/h2*1-7H;1-4H2;1H3;;2*1H;/q;;-1;;+1;;;+2/p-2. The van der Waals surface area contributed by atoms with Crippen molar-refractivity contribution in [3.63, 3.8) is 0 Å². The van der Waals surface area contributed by atoms with E-state index in [-0.39, 0.29) is 24.8 Å². The molecule has 0 radical (unpaired) electrons. The van der Waals surface area contributed by atoms with E-state index in [9.17, 15) is 0 Å². The number of halogens is 2. The molecule has 0 N–H and O–H groups in total. The molecule has 0 spiro atoms. The van der Waals surface area contributed by atoms with Crippen LogP contribution in [0.15, 0.2) is 60.7 Å². The first-order chi connectivity index (χ1) is 12.8. The molecule has 5 heteroatoms. The number of fused-ring (bicyclic) bond motifs is 2. The van der Waals surface area contributed by atoms with Gasteiger partial charge >= 0.3 is 140 Å². The summed E-state index contributed by atoms with van der Waals surface area (Å²) in [5.74, 6) is 2.28. The van der Waals surface area contributed by atoms with Crippen molar-refractivity contribution >= 4 is 26.6 Å². The first-order valence-electron chi connectivity index (χ1n) is 9.73. The van der Waals surface area contributed by atoms with E-state index in [4.69, 9.17) is 3.79 Å². The second-order valence-electron chi connectivity index (χ2n) is 7.28. The third-order valence-electron chi connectivity index (χ3n) is 5.37. The zero-order valence-corrected chi connectivity index (χ0v) is 21.3. The van der Waals surface area contributed by atoms with E-state index in [1.165, 1.54) is 29.3 Å². The molecule has 0 bridgehead atoms. The SMILES string of the molecule is C1=C[CH]([Zr+2][CH]2C=Cc3ccccc32)c2ccccc21.[CH3][Al]1[CH2]CCC[O]1.[Cl-].[Cl-]. The Morgan fingerprint density at radius 3 is 1.79 bits per heavy atom. The minimum atomic E-state index is -0.595. The van der Waals surface area contributed by atoms with Crippen molar-refractivity contribution < 1.29 is 51.8 Å². The van der Waals surface area contributed by atoms with Crippen LogP contribution in [0.1, 0.15) is 42.3 Å². The second-order valence-corrected chi connectivity index (χ2v) is 13.7. The molecule has 2 aromatic rings. The van der Waals surface area contributed by atoms with Crippen molar-refractivity contribution in [3.8, 4) is 0 Å². The summed E-state index contributed by atoms with van der Waals surface area (Å²) in [4.78, 5) is 0. The maximum atomic E-state index is 5.42. The first kappa shape index (κ1) is 24.1. The number of hydrogen-bond acceptors (Lipinski definition) is 1. The largest absolute Gasteiger partial charge is 1.00 e. The monoisotopic (exact) mass is 504 g/mol. The molecule has 3 aliphatic rings. The Hall–Kier alpha value is -0.124. The summed E-state index contributed by atoms with van der Waals surface area (Å²) in [6, 6.07) is 17.7. The molecule has 1 saturated heterocycles. The Balaban J connectivity index is 0.000000269. The van der Waals surface area contributed by atoms with Crippen LogP contribution in [-0.2, 0) is 27.0 Å². The maximum absolute atomic E-state index is 5.42. The Morgan fingerprint density at radius 2 is 1.36 bits per heavy atom. The van der Waals surface area contributed by atoms with Gasteiger partial charge in [-0.3, -0.25) is 0 Å². The van der Waals surface area contributed by atoms with E-state index in [1.807, 2.05) is 0 Å². The van der Waals surface area contributed by atoms with Crippen LogP contribution in [0, 0.1) is 0 Å². The van der Waals surface area contributed by atoms with E-state index < -0.39 is 37.7 Å². The molecule has 0 saturated carbocycles. The summed E-state index contributed by atoms with van der Waals surface area (Å²) in [6.07, 6.45) is 12.2. The molecule has 2 aromatic carbocycles. The van der Waals surface area contributed by atoms with E-state index in [2.05, 4.69) is 78.6 Å². The summed E-state index contributed by atoms with van der Waals surface area (Å²) in [5, 5.41) is 1.40. The van der Waals surface area contributed by atoms with Gasteiger partial charge in [-0.15, -0.1) is 0 Å². The average Bonchev–Trinajstić information content (AvgIpc) is 3.28. The predicted molar refractivity (Wildman–Crippen MR) is 108 cm³/mol. The molecule has 2 atom stereocenters. The van der Waals surface area contributed by atoms with Gasteiger partial charge in [-0.1, -0.05) is 17.5 Å². The predicted octanol–water partition coefficient (Wildman–Crippen LogP) is 0.0312. The van der Waals surface area contributed by atoms with Crippen molar-refractivity contribution in [2.24, 2.45) is 0 Å². The average molecular weight is 507 g/mol. The zero-order chi connectivity index (χ0) is 17.8. The summed E-state index contributed by atoms with van der Waals surface area (Å²) >= 11 is -1.14. The van der Waals surface area contributed by atoms with Gasteiger partial charge in [-0.05, 0) is 6.42 Å². The second kappa shape index (κ2) is 11.9. The fraction of sp³-hybridized carbons (Fsp3) is 0.304. The van der Waals surface area contributed by atoms with Gasteiger partial charge in [-0.2, -0.15) is 0 Å². The van der Waals surface area contributed by atoms with Crippen molar-refractivity contribution in [1.82, 2.24) is 0 Å². The molecule has 0 amide bonds. The van der Waals surface area contributed by atoms with E-state index in [0.29, 0.717) is 0 Å². The molecule has 1 aliphatic heterocycles. The fourth-order valence-electron chi connectivity index (χ4n) is 3.88. The molecule has 28 heavy (non-hydrogen) atoms. The number of rotatable bonds is 2. The Morgan fingerprint density at radius 1 is 0.821 bits per heavy atom. The van der Waals surface area contributed by atoms with E-state index >= 15 is 0 Å². The van der Waals surface area contributed by atoms with E-state index in [1.54, 1.807) is 11.1 Å². The van der Waals surface area contributed by atoms with Crippen LogP contribution < -0.4 is 24.8 Å². The van der Waals surface area contributed by atoms with Crippen LogP contribution in [0.5, 0.6) is 0 Å². The first-order valence-corrected chi connectivity index (χ1v) is 15.0. The Kier molecular flexibility index (Phi) is 10.3. The minimum Gasteiger partial charge on any atom is -1.00 e. The fourth-order valence-corrected chi connectivity index (χ4v) is 9.63. The molecule has 0 aromatic heterocycles. The third-order valence-corrected chi connectivity index (χ3v) is 11.6. The Bertz CT molecular complexity index is 758. The number of allylic oxidation sites excluding steroid dienone is 2. The summed E-state index contributed by atoms with van der Waals surface area (Å²) < 4.78 is 6.89. The molecule has 2 aliphatic carbocycles. The molecule has 5 rings (SSSR count). The minimum absolute atomic E-state index is 0. The van der Waals surface area contributed by atoms with Gasteiger partial charge in [0, 0.05) is 6.61 Å². The van der Waals surface area contributed by atoms with Crippen LogP contribution in [0.2, 0.25) is 11.1 Å². The smallest absolute Gasteiger partial charge is 0.457 e. The molecule has 1 heterocycles. The van der Waals surface area contributed by atoms with Gasteiger partial charge in [0.25, 0.3) is 0 Å². The molecule has 1 nitrogen and oxygen atoms in total. The third kappa shape index (κ3) is 5.95. The van der Waals surface area contributed by atoms with Gasteiger partial charge in [0.2, 0.25) is 0 Å². The maximum Gasteiger partial charge on any atom is 0.457 e. The van der Waals surface area contributed by atoms with Crippen LogP contribution in [-0.4, -0.2) is 21.1 Å². The zero-order valence-electron chi connectivity index (χ0n) is 16.2. The van der Waals surface area contributed by atoms with Crippen LogP contribution in [0.3, 0.4) is 0 Å². The van der Waals surface area contributed by atoms with Crippen LogP contribution in [0.4, 0.5) is 0 Å². The molecule has 1 fully saturated rings. The number of hydrogen-bond donors (Lipinski definition) is 0. The summed E-state index contributed by atoms with van der Waals surface area (Å²) in [7, 11) is 0. The topological polar surface area (TPSA) is 9.23 Å². The van der Waals surface area contributed by atoms with Crippen molar-refractivity contribution in [1.29, 1.82) is 0 Å². The summed E-state index contributed by atoms with van der Waals surface area (Å²) in [5.41, 5.74) is 5.99. The van der Waals surface area contributed by atoms with Crippen molar-refractivity contribution in [2.75, 3.05) is 6.61 Å². The van der Waals surface area contributed by atoms with Crippen molar-refractivity contribution in [3.05, 3.63) is 82.9 Å². The normalized spacial score (nSPS) is 20.7. The van der Waals surface area contributed by atoms with E-state index in [0.717, 1.165) is 13.9 Å². The van der Waals surface area contributed by atoms with Gasteiger partial charge in [0.05, 0.1) is 0 Å². The number of benzene rings is 2. The van der Waals surface area contributed by atoms with Gasteiger partial charge in [-0.25, -0.2) is 0 Å². The molecular formula is C23H25AlCl2OZr. The quantitative estimate of drug-likeness (QED) is 0.523. The Labute approximate surface area is 197 Å². The summed E-state index contributed by atoms with van der Waals surface area (Å²) in [6.45, 7) is 1.05. The van der Waals surface area contributed by atoms with Crippen molar-refractivity contribution in [2.45, 2.75) is 31.2 Å². The molecular weight excluding hydrogens is 481 g/mol. The van der Waals surface area contributed by atoms with Crippen LogP contribution >= 0.6 is 0 Å². The van der Waals surface area contributed by atoms with Gasteiger partial charge in [0.15, 0.2) is 0 Å². The van der Waals surface area contributed by atoms with Crippen LogP contribution in [0.25, 0.3) is 12.2 Å². The molecule has 144 valence electrons. The van der Waals surface area contributed by atoms with Gasteiger partial charge in [0.1, 0.15) is 0 Å². The molecule has 2 unspecified atom stereocenters.